The Hall–Kier alpha value is -1.35. The summed E-state index contributed by atoms with van der Waals surface area (Å²) in [7, 11) is 1.81. The number of hydrogen-bond acceptors (Lipinski definition) is 3. The smallest absolute Gasteiger partial charge is 0.226 e. The topological polar surface area (TPSA) is 60.0 Å². The normalized spacial score (nSPS) is 20.8. The monoisotopic (exact) mass is 499 g/mol. The van der Waals surface area contributed by atoms with Crippen LogP contribution < -0.4 is 15.5 Å². The van der Waals surface area contributed by atoms with Crippen molar-refractivity contribution < 1.29 is 4.79 Å². The van der Waals surface area contributed by atoms with Gasteiger partial charge in [0, 0.05) is 44.8 Å². The number of likely N-dealkylation sites (tertiary alicyclic amines) is 1. The predicted octanol–water partition coefficient (Wildman–Crippen LogP) is 2.97. The lowest BCUT2D eigenvalue weighted by atomic mass is 10.1. The van der Waals surface area contributed by atoms with Crippen molar-refractivity contribution in [2.45, 2.75) is 51.6 Å². The molecule has 3 rings (SSSR count). The molecule has 0 bridgehead atoms. The van der Waals surface area contributed by atoms with E-state index in [0.29, 0.717) is 12.5 Å². The van der Waals surface area contributed by atoms with E-state index in [2.05, 4.69) is 39.6 Å². The SMILES string of the molecule is CCN1CCCC1CNC(=NC)NCc1ccc(N2CCCCC2=O)cc1.I. The minimum atomic E-state index is 0. The van der Waals surface area contributed by atoms with Gasteiger partial charge >= 0.3 is 0 Å². The number of guanidine groups is 1. The Bertz CT molecular complexity index is 649. The molecule has 2 heterocycles. The second kappa shape index (κ2) is 11.6. The van der Waals surface area contributed by atoms with Gasteiger partial charge in [-0.2, -0.15) is 0 Å². The highest BCUT2D eigenvalue weighted by Crippen LogP contribution is 2.21. The first-order valence-corrected chi connectivity index (χ1v) is 10.3. The number of piperidine rings is 1. The lowest BCUT2D eigenvalue weighted by molar-refractivity contribution is -0.119. The van der Waals surface area contributed by atoms with Crippen molar-refractivity contribution in [2.75, 3.05) is 38.1 Å². The van der Waals surface area contributed by atoms with Crippen LogP contribution in [-0.4, -0.2) is 56.0 Å². The average Bonchev–Trinajstić information content (AvgIpc) is 3.17. The number of halogens is 1. The molecule has 6 nitrogen and oxygen atoms in total. The quantitative estimate of drug-likeness (QED) is 0.359. The fourth-order valence-corrected chi connectivity index (χ4v) is 4.04. The van der Waals surface area contributed by atoms with Crippen molar-refractivity contribution in [2.24, 2.45) is 4.99 Å². The molecule has 0 saturated carbocycles. The van der Waals surface area contributed by atoms with E-state index in [4.69, 9.17) is 0 Å². The van der Waals surface area contributed by atoms with Crippen LogP contribution in [0.1, 0.15) is 44.6 Å². The lowest BCUT2D eigenvalue weighted by Gasteiger charge is -2.27. The van der Waals surface area contributed by atoms with E-state index >= 15 is 0 Å². The zero-order chi connectivity index (χ0) is 19.1. The van der Waals surface area contributed by atoms with E-state index in [1.807, 2.05) is 24.1 Å². The Morgan fingerprint density at radius 3 is 2.61 bits per heavy atom. The van der Waals surface area contributed by atoms with Crippen LogP contribution in [0.3, 0.4) is 0 Å². The van der Waals surface area contributed by atoms with E-state index in [1.54, 1.807) is 0 Å². The van der Waals surface area contributed by atoms with E-state index in [-0.39, 0.29) is 29.9 Å². The average molecular weight is 499 g/mol. The van der Waals surface area contributed by atoms with Crippen LogP contribution in [-0.2, 0) is 11.3 Å². The lowest BCUT2D eigenvalue weighted by Crippen LogP contribution is -2.44. The minimum Gasteiger partial charge on any atom is -0.355 e. The number of aliphatic imine (C=N–C) groups is 1. The molecule has 2 aliphatic rings. The molecule has 0 radical (unpaired) electrons. The molecular weight excluding hydrogens is 465 g/mol. The van der Waals surface area contributed by atoms with Gasteiger partial charge in [0.2, 0.25) is 5.91 Å². The van der Waals surface area contributed by atoms with Gasteiger partial charge in [0.05, 0.1) is 0 Å². The van der Waals surface area contributed by atoms with E-state index in [1.165, 1.54) is 24.9 Å². The fourth-order valence-electron chi connectivity index (χ4n) is 4.04. The first-order valence-electron chi connectivity index (χ1n) is 10.3. The second-order valence-corrected chi connectivity index (χ2v) is 7.40. The van der Waals surface area contributed by atoms with Gasteiger partial charge in [-0.05, 0) is 56.5 Å². The summed E-state index contributed by atoms with van der Waals surface area (Å²) in [6, 6.07) is 8.89. The molecule has 7 heteroatoms. The molecule has 1 amide bonds. The van der Waals surface area contributed by atoms with Crippen molar-refractivity contribution in [3.05, 3.63) is 29.8 Å². The molecule has 2 aliphatic heterocycles. The Kier molecular flexibility index (Phi) is 9.50. The Morgan fingerprint density at radius 2 is 1.93 bits per heavy atom. The number of hydrogen-bond donors (Lipinski definition) is 2. The van der Waals surface area contributed by atoms with Crippen LogP contribution in [0.2, 0.25) is 0 Å². The van der Waals surface area contributed by atoms with Crippen molar-refractivity contribution in [3.8, 4) is 0 Å². The molecule has 28 heavy (non-hydrogen) atoms. The van der Waals surface area contributed by atoms with E-state index in [0.717, 1.165) is 50.7 Å². The van der Waals surface area contributed by atoms with E-state index in [9.17, 15) is 4.79 Å². The zero-order valence-corrected chi connectivity index (χ0v) is 19.4. The predicted molar refractivity (Wildman–Crippen MR) is 127 cm³/mol. The third kappa shape index (κ3) is 6.07. The van der Waals surface area contributed by atoms with Gasteiger partial charge in [0.25, 0.3) is 0 Å². The summed E-state index contributed by atoms with van der Waals surface area (Å²) in [6.07, 6.45) is 5.32. The number of benzene rings is 1. The molecule has 156 valence electrons. The number of likely N-dealkylation sites (N-methyl/N-ethyl adjacent to an activating group) is 1. The highest BCUT2D eigenvalue weighted by Gasteiger charge is 2.22. The number of carbonyl (C=O) groups is 1. The van der Waals surface area contributed by atoms with Crippen LogP contribution in [0.25, 0.3) is 0 Å². The molecule has 2 saturated heterocycles. The van der Waals surface area contributed by atoms with Gasteiger partial charge in [-0.25, -0.2) is 0 Å². The summed E-state index contributed by atoms with van der Waals surface area (Å²) in [6.45, 7) is 7.04. The summed E-state index contributed by atoms with van der Waals surface area (Å²) in [5.41, 5.74) is 2.19. The van der Waals surface area contributed by atoms with Gasteiger partial charge in [0.15, 0.2) is 5.96 Å². The van der Waals surface area contributed by atoms with Gasteiger partial charge in [-0.15, -0.1) is 24.0 Å². The van der Waals surface area contributed by atoms with Crippen LogP contribution in [0.5, 0.6) is 0 Å². The third-order valence-electron chi connectivity index (χ3n) is 5.67. The van der Waals surface area contributed by atoms with Crippen molar-refractivity contribution in [3.63, 3.8) is 0 Å². The van der Waals surface area contributed by atoms with Crippen molar-refractivity contribution in [1.82, 2.24) is 15.5 Å². The maximum absolute atomic E-state index is 12.0. The molecule has 0 aromatic heterocycles. The maximum atomic E-state index is 12.0. The van der Waals surface area contributed by atoms with Crippen LogP contribution in [0, 0.1) is 0 Å². The number of anilines is 1. The van der Waals surface area contributed by atoms with Gasteiger partial charge in [-0.1, -0.05) is 19.1 Å². The first-order chi connectivity index (χ1) is 13.2. The molecule has 2 fully saturated rings. The summed E-state index contributed by atoms with van der Waals surface area (Å²) < 4.78 is 0. The number of carbonyl (C=O) groups excluding carboxylic acids is 1. The molecule has 1 atom stereocenters. The highest BCUT2D eigenvalue weighted by atomic mass is 127. The number of nitrogens with one attached hydrogen (secondary N) is 2. The second-order valence-electron chi connectivity index (χ2n) is 7.40. The summed E-state index contributed by atoms with van der Waals surface area (Å²) >= 11 is 0. The molecule has 0 aliphatic carbocycles. The van der Waals surface area contributed by atoms with Gasteiger partial charge < -0.3 is 15.5 Å². The molecule has 2 N–H and O–H groups in total. The van der Waals surface area contributed by atoms with Gasteiger partial charge in [-0.3, -0.25) is 14.7 Å². The van der Waals surface area contributed by atoms with E-state index < -0.39 is 0 Å². The van der Waals surface area contributed by atoms with Crippen molar-refractivity contribution >= 4 is 41.5 Å². The van der Waals surface area contributed by atoms with Gasteiger partial charge in [0.1, 0.15) is 0 Å². The molecular formula is C21H34IN5O. The van der Waals surface area contributed by atoms with Crippen molar-refractivity contribution in [1.29, 1.82) is 0 Å². The van der Waals surface area contributed by atoms with Crippen LogP contribution in [0.4, 0.5) is 5.69 Å². The Morgan fingerprint density at radius 1 is 1.14 bits per heavy atom. The third-order valence-corrected chi connectivity index (χ3v) is 5.67. The summed E-state index contributed by atoms with van der Waals surface area (Å²) in [5.74, 6) is 1.08. The highest BCUT2D eigenvalue weighted by molar-refractivity contribution is 14.0. The first kappa shape index (κ1) is 22.9. The van der Waals surface area contributed by atoms with Crippen LogP contribution in [0.15, 0.2) is 29.3 Å². The maximum Gasteiger partial charge on any atom is 0.226 e. The summed E-state index contributed by atoms with van der Waals surface area (Å²) in [5, 5.41) is 6.85. The number of nitrogens with zero attached hydrogens (tertiary/aromatic N) is 3. The minimum absolute atomic E-state index is 0. The molecule has 1 unspecified atom stereocenters. The fraction of sp³-hybridized carbons (Fsp3) is 0.619. The molecule has 1 aromatic carbocycles. The number of amides is 1. The molecule has 1 aromatic rings. The molecule has 0 spiro atoms. The number of rotatable bonds is 6. The van der Waals surface area contributed by atoms with Crippen LogP contribution >= 0.6 is 24.0 Å². The summed E-state index contributed by atoms with van der Waals surface area (Å²) in [4.78, 5) is 20.8. The largest absolute Gasteiger partial charge is 0.355 e. The zero-order valence-electron chi connectivity index (χ0n) is 17.1. The Labute approximate surface area is 186 Å². The standard InChI is InChI=1S/C21H33N5O.HI/c1-3-25-13-6-7-19(25)16-24-21(22-2)23-15-17-9-11-18(12-10-17)26-14-5-4-8-20(26)27;/h9-12,19H,3-8,13-16H2,1-2H3,(H2,22,23,24);1H. The Balaban J connectivity index is 0.00000280.